The third kappa shape index (κ3) is 9.23. The summed E-state index contributed by atoms with van der Waals surface area (Å²) in [4.78, 5) is 0. The molecule has 68 valence electrons. The molecule has 0 aliphatic carbocycles. The zero-order chi connectivity index (χ0) is 9.23. The number of allylic oxidation sites excluding steroid dienone is 2. The summed E-state index contributed by atoms with van der Waals surface area (Å²) in [5.74, 6) is 6.03. The first-order valence-electron chi connectivity index (χ1n) is 4.52. The number of unbranched alkanes of at least 4 members (excludes halogenated alkanes) is 1. The number of rotatable bonds is 4. The van der Waals surface area contributed by atoms with E-state index in [1.54, 1.807) is 6.92 Å². The molecule has 0 spiro atoms. The first-order valence-corrected chi connectivity index (χ1v) is 4.52. The van der Waals surface area contributed by atoms with Crippen molar-refractivity contribution >= 4 is 0 Å². The Balaban J connectivity index is 3.31. The Morgan fingerprint density at radius 2 is 2.08 bits per heavy atom. The van der Waals surface area contributed by atoms with Gasteiger partial charge in [-0.2, -0.15) is 0 Å². The molecule has 0 aromatic rings. The summed E-state index contributed by atoms with van der Waals surface area (Å²) in [5, 5.41) is 0. The zero-order valence-electron chi connectivity index (χ0n) is 7.94. The molecule has 0 aliphatic rings. The molecule has 12 heavy (non-hydrogen) atoms. The van der Waals surface area contributed by atoms with Gasteiger partial charge in [-0.1, -0.05) is 25.0 Å². The summed E-state index contributed by atoms with van der Waals surface area (Å²) in [5.41, 5.74) is 0. The van der Waals surface area contributed by atoms with Gasteiger partial charge in [0.15, 0.2) is 0 Å². The van der Waals surface area contributed by atoms with Gasteiger partial charge in [0, 0.05) is 12.8 Å². The van der Waals surface area contributed by atoms with E-state index < -0.39 is 6.17 Å². The average Bonchev–Trinajstić information content (AvgIpc) is 2.02. The van der Waals surface area contributed by atoms with E-state index in [1.165, 1.54) is 0 Å². The highest BCUT2D eigenvalue weighted by Crippen LogP contribution is 1.96. The van der Waals surface area contributed by atoms with E-state index in [-0.39, 0.29) is 0 Å². The van der Waals surface area contributed by atoms with E-state index in [1.807, 2.05) is 12.2 Å². The third-order valence-electron chi connectivity index (χ3n) is 1.35. The van der Waals surface area contributed by atoms with Gasteiger partial charge >= 0.3 is 0 Å². The molecular weight excluding hydrogens is 151 g/mol. The van der Waals surface area contributed by atoms with Gasteiger partial charge in [0.25, 0.3) is 0 Å². The van der Waals surface area contributed by atoms with Gasteiger partial charge in [0.1, 0.15) is 6.17 Å². The number of hydrogen-bond donors (Lipinski definition) is 0. The minimum absolute atomic E-state index is 0.509. The summed E-state index contributed by atoms with van der Waals surface area (Å²) >= 11 is 0. The van der Waals surface area contributed by atoms with Crippen LogP contribution < -0.4 is 0 Å². The molecule has 1 atom stereocenters. The SMILES string of the molecule is CCCC#CC/C=C\CC(C)F. The van der Waals surface area contributed by atoms with Crippen LogP contribution in [0.1, 0.15) is 39.5 Å². The second kappa shape index (κ2) is 8.33. The Morgan fingerprint density at radius 3 is 2.67 bits per heavy atom. The molecule has 0 fully saturated rings. The van der Waals surface area contributed by atoms with Crippen LogP contribution in [0.25, 0.3) is 0 Å². The van der Waals surface area contributed by atoms with Gasteiger partial charge in [0.2, 0.25) is 0 Å². The maximum atomic E-state index is 12.2. The lowest BCUT2D eigenvalue weighted by Crippen LogP contribution is -1.86. The molecule has 0 rings (SSSR count). The maximum Gasteiger partial charge on any atom is 0.101 e. The number of hydrogen-bond acceptors (Lipinski definition) is 0. The molecule has 0 bridgehead atoms. The number of alkyl halides is 1. The van der Waals surface area contributed by atoms with E-state index in [2.05, 4.69) is 18.8 Å². The van der Waals surface area contributed by atoms with Crippen LogP contribution >= 0.6 is 0 Å². The molecular formula is C11H17F. The standard InChI is InChI=1S/C11H17F/c1-3-4-5-6-7-8-9-10-11(2)12/h8-9,11H,3-4,7,10H2,1-2H3/b9-8-. The van der Waals surface area contributed by atoms with Crippen molar-refractivity contribution in [3.8, 4) is 11.8 Å². The fourth-order valence-corrected chi connectivity index (χ4v) is 0.712. The minimum atomic E-state index is -0.732. The van der Waals surface area contributed by atoms with Crippen LogP contribution in [0.15, 0.2) is 12.2 Å². The van der Waals surface area contributed by atoms with Crippen LogP contribution in [0.5, 0.6) is 0 Å². The van der Waals surface area contributed by atoms with Gasteiger partial charge in [-0.05, 0) is 19.8 Å². The van der Waals surface area contributed by atoms with Crippen molar-refractivity contribution in [2.75, 3.05) is 0 Å². The Labute approximate surface area is 74.9 Å². The van der Waals surface area contributed by atoms with Gasteiger partial charge < -0.3 is 0 Å². The molecule has 0 aliphatic heterocycles. The Morgan fingerprint density at radius 1 is 1.33 bits per heavy atom. The van der Waals surface area contributed by atoms with Crippen molar-refractivity contribution < 1.29 is 4.39 Å². The largest absolute Gasteiger partial charge is 0.247 e. The van der Waals surface area contributed by atoms with Gasteiger partial charge in [0.05, 0.1) is 0 Å². The molecule has 0 N–H and O–H groups in total. The first kappa shape index (κ1) is 11.2. The van der Waals surface area contributed by atoms with Crippen molar-refractivity contribution in [3.05, 3.63) is 12.2 Å². The molecule has 0 nitrogen and oxygen atoms in total. The van der Waals surface area contributed by atoms with E-state index in [0.717, 1.165) is 19.3 Å². The van der Waals surface area contributed by atoms with Crippen molar-refractivity contribution in [1.29, 1.82) is 0 Å². The fourth-order valence-electron chi connectivity index (χ4n) is 0.712. The lowest BCUT2D eigenvalue weighted by atomic mass is 10.2. The Kier molecular flexibility index (Phi) is 7.79. The highest BCUT2D eigenvalue weighted by atomic mass is 19.1. The summed E-state index contributed by atoms with van der Waals surface area (Å²) in [6.07, 6.45) is 6.39. The van der Waals surface area contributed by atoms with Crippen molar-refractivity contribution in [2.45, 2.75) is 45.7 Å². The summed E-state index contributed by atoms with van der Waals surface area (Å²) in [6.45, 7) is 3.67. The van der Waals surface area contributed by atoms with E-state index in [0.29, 0.717) is 6.42 Å². The lowest BCUT2D eigenvalue weighted by molar-refractivity contribution is 0.365. The van der Waals surface area contributed by atoms with E-state index in [9.17, 15) is 4.39 Å². The Hall–Kier alpha value is -0.770. The monoisotopic (exact) mass is 168 g/mol. The molecule has 0 aromatic carbocycles. The molecule has 0 saturated carbocycles. The Bertz CT molecular complexity index is 169. The van der Waals surface area contributed by atoms with Crippen molar-refractivity contribution in [1.82, 2.24) is 0 Å². The first-order chi connectivity index (χ1) is 5.77. The lowest BCUT2D eigenvalue weighted by Gasteiger charge is -1.90. The molecule has 1 unspecified atom stereocenters. The predicted molar refractivity (Wildman–Crippen MR) is 51.6 cm³/mol. The quantitative estimate of drug-likeness (QED) is 0.445. The average molecular weight is 168 g/mol. The molecule has 0 aromatic heterocycles. The van der Waals surface area contributed by atoms with Crippen LogP contribution in [0, 0.1) is 11.8 Å². The summed E-state index contributed by atoms with van der Waals surface area (Å²) < 4.78 is 12.2. The van der Waals surface area contributed by atoms with Crippen LogP contribution in [0.3, 0.4) is 0 Å². The van der Waals surface area contributed by atoms with Gasteiger partial charge in [-0.3, -0.25) is 0 Å². The minimum Gasteiger partial charge on any atom is -0.247 e. The summed E-state index contributed by atoms with van der Waals surface area (Å²) in [7, 11) is 0. The molecule has 0 saturated heterocycles. The summed E-state index contributed by atoms with van der Waals surface area (Å²) in [6, 6.07) is 0. The van der Waals surface area contributed by atoms with E-state index in [4.69, 9.17) is 0 Å². The number of halogens is 1. The van der Waals surface area contributed by atoms with Crippen LogP contribution in [-0.4, -0.2) is 6.17 Å². The molecule has 0 radical (unpaired) electrons. The molecule has 0 heterocycles. The van der Waals surface area contributed by atoms with Crippen molar-refractivity contribution in [2.24, 2.45) is 0 Å². The van der Waals surface area contributed by atoms with Crippen LogP contribution in [-0.2, 0) is 0 Å². The smallest absolute Gasteiger partial charge is 0.101 e. The van der Waals surface area contributed by atoms with Crippen LogP contribution in [0.2, 0.25) is 0 Å². The van der Waals surface area contributed by atoms with Crippen molar-refractivity contribution in [3.63, 3.8) is 0 Å². The highest BCUT2D eigenvalue weighted by Gasteiger charge is 1.89. The van der Waals surface area contributed by atoms with Crippen LogP contribution in [0.4, 0.5) is 4.39 Å². The zero-order valence-corrected chi connectivity index (χ0v) is 7.94. The molecule has 1 heteroatoms. The second-order valence-corrected chi connectivity index (χ2v) is 2.80. The van der Waals surface area contributed by atoms with Gasteiger partial charge in [-0.25, -0.2) is 4.39 Å². The topological polar surface area (TPSA) is 0 Å². The van der Waals surface area contributed by atoms with E-state index >= 15 is 0 Å². The second-order valence-electron chi connectivity index (χ2n) is 2.80. The fraction of sp³-hybridized carbons (Fsp3) is 0.636. The molecule has 0 amide bonds. The highest BCUT2D eigenvalue weighted by molar-refractivity contribution is 5.04. The predicted octanol–water partition coefficient (Wildman–Crippen LogP) is 3.48. The maximum absolute atomic E-state index is 12.2. The third-order valence-corrected chi connectivity index (χ3v) is 1.35. The normalized spacial score (nSPS) is 12.6. The van der Waals surface area contributed by atoms with Gasteiger partial charge in [-0.15, -0.1) is 5.92 Å².